The summed E-state index contributed by atoms with van der Waals surface area (Å²) in [6, 6.07) is 28.5. The molecule has 0 saturated heterocycles. The topological polar surface area (TPSA) is 4.93 Å². The third kappa shape index (κ3) is 2.48. The van der Waals surface area contributed by atoms with Crippen molar-refractivity contribution in [1.82, 2.24) is 4.57 Å². The molecule has 1 aromatic heterocycles. The van der Waals surface area contributed by atoms with Crippen molar-refractivity contribution < 1.29 is 0 Å². The van der Waals surface area contributed by atoms with Crippen molar-refractivity contribution in [3.05, 3.63) is 120 Å². The van der Waals surface area contributed by atoms with E-state index in [0.29, 0.717) is 0 Å². The van der Waals surface area contributed by atoms with Crippen molar-refractivity contribution in [3.63, 3.8) is 0 Å². The number of benzene rings is 3. The molecule has 0 fully saturated rings. The molecule has 0 aliphatic heterocycles. The van der Waals surface area contributed by atoms with E-state index in [1.54, 1.807) is 0 Å². The van der Waals surface area contributed by atoms with Crippen LogP contribution in [0.3, 0.4) is 0 Å². The molecule has 2 aliphatic rings. The Morgan fingerprint density at radius 2 is 1.45 bits per heavy atom. The Morgan fingerprint density at radius 3 is 2.38 bits per heavy atom. The van der Waals surface area contributed by atoms with Gasteiger partial charge in [-0.05, 0) is 47.7 Å². The molecule has 0 bridgehead atoms. The zero-order valence-corrected chi connectivity index (χ0v) is 16.2. The van der Waals surface area contributed by atoms with Gasteiger partial charge in [-0.2, -0.15) is 0 Å². The molecule has 1 nitrogen and oxygen atoms in total. The van der Waals surface area contributed by atoms with Gasteiger partial charge >= 0.3 is 0 Å². The number of para-hydroxylation sites is 2. The van der Waals surface area contributed by atoms with E-state index in [2.05, 4.69) is 108 Å². The smallest absolute Gasteiger partial charge is 0.0622 e. The molecular weight excluding hydrogens is 350 g/mol. The summed E-state index contributed by atoms with van der Waals surface area (Å²) in [5.41, 5.74) is 10.6. The molecule has 6 rings (SSSR count). The first-order valence-corrected chi connectivity index (χ1v) is 10.3. The molecule has 0 unspecified atom stereocenters. The van der Waals surface area contributed by atoms with Crippen LogP contribution < -0.4 is 0 Å². The molecule has 0 radical (unpaired) electrons. The molecule has 0 amide bonds. The molecular formula is C28H21N. The normalized spacial score (nSPS) is 14.9. The number of hydrogen-bond acceptors (Lipinski definition) is 0. The van der Waals surface area contributed by atoms with E-state index >= 15 is 0 Å². The molecule has 0 N–H and O–H groups in total. The minimum atomic E-state index is 0.962. The standard InChI is InChI=1S/C28H21N/c1-3-11-21-19-20-12-7-8-15-23(20)27-25-17-9-10-18-26(25)29(22-13-4-2-5-14-22)28(27)24(21)16-6-1/h2-18H,1,19H2. The molecule has 4 aromatic rings. The molecule has 0 spiro atoms. The highest BCUT2D eigenvalue weighted by atomic mass is 15.0. The van der Waals surface area contributed by atoms with Gasteiger partial charge in [0.1, 0.15) is 0 Å². The van der Waals surface area contributed by atoms with Gasteiger partial charge in [0.05, 0.1) is 11.2 Å². The Hall–Kier alpha value is -3.58. The number of hydrogen-bond donors (Lipinski definition) is 0. The number of rotatable bonds is 1. The zero-order valence-electron chi connectivity index (χ0n) is 16.2. The van der Waals surface area contributed by atoms with Crippen molar-refractivity contribution >= 4 is 16.5 Å². The van der Waals surface area contributed by atoms with Crippen LogP contribution in [0.2, 0.25) is 0 Å². The molecule has 3 aromatic carbocycles. The maximum absolute atomic E-state index is 2.45. The largest absolute Gasteiger partial charge is 0.309 e. The fraction of sp³-hybridized carbons (Fsp3) is 0.0714. The lowest BCUT2D eigenvalue weighted by Gasteiger charge is -2.14. The van der Waals surface area contributed by atoms with Crippen LogP contribution in [0.5, 0.6) is 0 Å². The van der Waals surface area contributed by atoms with E-state index < -0.39 is 0 Å². The van der Waals surface area contributed by atoms with Gasteiger partial charge in [0, 0.05) is 22.2 Å². The first-order chi connectivity index (χ1) is 14.4. The minimum Gasteiger partial charge on any atom is -0.309 e. The minimum absolute atomic E-state index is 0.962. The van der Waals surface area contributed by atoms with Gasteiger partial charge in [0.15, 0.2) is 0 Å². The third-order valence-electron chi connectivity index (χ3n) is 6.03. The number of nitrogens with zero attached hydrogens (tertiary/aromatic N) is 1. The summed E-state index contributed by atoms with van der Waals surface area (Å²) in [4.78, 5) is 0. The van der Waals surface area contributed by atoms with Gasteiger partial charge in [-0.1, -0.05) is 85.0 Å². The van der Waals surface area contributed by atoms with E-state index in [-0.39, 0.29) is 0 Å². The Morgan fingerprint density at radius 1 is 0.690 bits per heavy atom. The summed E-state index contributed by atoms with van der Waals surface area (Å²) in [5.74, 6) is 0. The average Bonchev–Trinajstić information content (AvgIpc) is 2.87. The molecule has 1 heterocycles. The SMILES string of the molecule is C1=CC2=C(C=CC1)c1c(c3ccccc3n1-c1ccccc1)-c1ccccc1C2. The van der Waals surface area contributed by atoms with E-state index in [1.165, 1.54) is 50.1 Å². The quantitative estimate of drug-likeness (QED) is 0.335. The highest BCUT2D eigenvalue weighted by Crippen LogP contribution is 2.46. The van der Waals surface area contributed by atoms with Crippen molar-refractivity contribution in [2.45, 2.75) is 12.8 Å². The summed E-state index contributed by atoms with van der Waals surface area (Å²) in [6.07, 6.45) is 11.2. The van der Waals surface area contributed by atoms with Crippen molar-refractivity contribution in [2.75, 3.05) is 0 Å². The van der Waals surface area contributed by atoms with E-state index in [9.17, 15) is 0 Å². The van der Waals surface area contributed by atoms with Crippen LogP contribution in [0.1, 0.15) is 17.7 Å². The second-order valence-corrected chi connectivity index (χ2v) is 7.72. The molecule has 29 heavy (non-hydrogen) atoms. The Bertz CT molecular complexity index is 1330. The van der Waals surface area contributed by atoms with Crippen molar-refractivity contribution in [3.8, 4) is 16.8 Å². The first kappa shape index (κ1) is 16.4. The molecule has 2 aliphatic carbocycles. The second kappa shape index (κ2) is 6.49. The first-order valence-electron chi connectivity index (χ1n) is 10.3. The van der Waals surface area contributed by atoms with Gasteiger partial charge in [0.2, 0.25) is 0 Å². The molecule has 0 saturated carbocycles. The fourth-order valence-electron chi connectivity index (χ4n) is 4.79. The number of aromatic nitrogens is 1. The zero-order chi connectivity index (χ0) is 19.2. The van der Waals surface area contributed by atoms with Crippen LogP contribution in [0.15, 0.2) is 109 Å². The van der Waals surface area contributed by atoms with Crippen LogP contribution >= 0.6 is 0 Å². The van der Waals surface area contributed by atoms with Gasteiger partial charge in [-0.15, -0.1) is 0 Å². The van der Waals surface area contributed by atoms with Crippen LogP contribution in [0.25, 0.3) is 33.3 Å². The maximum atomic E-state index is 2.45. The number of allylic oxidation sites excluding steroid dienone is 6. The Kier molecular flexibility index (Phi) is 3.67. The highest BCUT2D eigenvalue weighted by molar-refractivity contribution is 6.06. The van der Waals surface area contributed by atoms with Gasteiger partial charge in [-0.25, -0.2) is 0 Å². The van der Waals surface area contributed by atoms with Crippen LogP contribution in [0.4, 0.5) is 0 Å². The van der Waals surface area contributed by atoms with Crippen LogP contribution in [-0.4, -0.2) is 4.57 Å². The maximum Gasteiger partial charge on any atom is 0.0622 e. The van der Waals surface area contributed by atoms with Crippen LogP contribution in [0, 0.1) is 0 Å². The van der Waals surface area contributed by atoms with Gasteiger partial charge < -0.3 is 4.57 Å². The van der Waals surface area contributed by atoms with E-state index in [4.69, 9.17) is 0 Å². The predicted molar refractivity (Wildman–Crippen MR) is 122 cm³/mol. The van der Waals surface area contributed by atoms with Crippen molar-refractivity contribution in [2.24, 2.45) is 0 Å². The average molecular weight is 371 g/mol. The third-order valence-corrected chi connectivity index (χ3v) is 6.03. The van der Waals surface area contributed by atoms with Crippen LogP contribution in [-0.2, 0) is 6.42 Å². The summed E-state index contributed by atoms with van der Waals surface area (Å²) >= 11 is 0. The van der Waals surface area contributed by atoms with E-state index in [1.807, 2.05) is 0 Å². The Labute approximate surface area is 170 Å². The van der Waals surface area contributed by atoms with Crippen molar-refractivity contribution in [1.29, 1.82) is 0 Å². The monoisotopic (exact) mass is 371 g/mol. The molecule has 1 heteroatoms. The number of fused-ring (bicyclic) bond motifs is 6. The molecule has 0 atom stereocenters. The Balaban J connectivity index is 1.85. The molecule has 138 valence electrons. The summed E-state index contributed by atoms with van der Waals surface area (Å²) in [7, 11) is 0. The van der Waals surface area contributed by atoms with Gasteiger partial charge in [-0.3, -0.25) is 0 Å². The lowest BCUT2D eigenvalue weighted by Crippen LogP contribution is -2.00. The lowest BCUT2D eigenvalue weighted by atomic mass is 9.96. The lowest BCUT2D eigenvalue weighted by molar-refractivity contribution is 1.10. The fourth-order valence-corrected chi connectivity index (χ4v) is 4.79. The predicted octanol–water partition coefficient (Wildman–Crippen LogP) is 7.12. The summed E-state index contributed by atoms with van der Waals surface area (Å²) in [6.45, 7) is 0. The highest BCUT2D eigenvalue weighted by Gasteiger charge is 2.27. The summed E-state index contributed by atoms with van der Waals surface area (Å²) < 4.78 is 2.45. The van der Waals surface area contributed by atoms with E-state index in [0.717, 1.165) is 12.8 Å². The summed E-state index contributed by atoms with van der Waals surface area (Å²) in [5, 5.41) is 1.31. The van der Waals surface area contributed by atoms with Gasteiger partial charge in [0.25, 0.3) is 0 Å². The second-order valence-electron chi connectivity index (χ2n) is 7.72.